The molecule has 1 fully saturated rings. The number of Topliss-reactive ketones (excluding diaryl/α,β-unsaturated/α-hetero) is 1. The van der Waals surface area contributed by atoms with Crippen molar-refractivity contribution >= 4 is 17.4 Å². The maximum absolute atomic E-state index is 12.2. The molecule has 1 N–H and O–H groups in total. The zero-order chi connectivity index (χ0) is 18.4. The van der Waals surface area contributed by atoms with E-state index in [1.807, 2.05) is 24.3 Å². The zero-order valence-electron chi connectivity index (χ0n) is 15.1. The maximum Gasteiger partial charge on any atom is 0.238 e. The molecule has 0 atom stereocenters. The Morgan fingerprint density at radius 3 is 2.23 bits per heavy atom. The Morgan fingerprint density at radius 2 is 1.65 bits per heavy atom. The summed E-state index contributed by atoms with van der Waals surface area (Å²) in [4.78, 5) is 28.5. The molecule has 0 radical (unpaired) electrons. The highest BCUT2D eigenvalue weighted by Gasteiger charge is 2.21. The summed E-state index contributed by atoms with van der Waals surface area (Å²) >= 11 is 0. The van der Waals surface area contributed by atoms with Gasteiger partial charge in [-0.25, -0.2) is 0 Å². The van der Waals surface area contributed by atoms with Crippen LogP contribution in [0.4, 0.5) is 5.69 Å². The van der Waals surface area contributed by atoms with Crippen LogP contribution in [0.2, 0.25) is 0 Å². The van der Waals surface area contributed by atoms with Crippen LogP contribution >= 0.6 is 0 Å². The molecule has 26 heavy (non-hydrogen) atoms. The Morgan fingerprint density at radius 1 is 1.00 bits per heavy atom. The molecule has 0 spiro atoms. The summed E-state index contributed by atoms with van der Waals surface area (Å²) in [7, 11) is 0. The van der Waals surface area contributed by atoms with E-state index in [0.717, 1.165) is 38.3 Å². The third-order valence-corrected chi connectivity index (χ3v) is 4.64. The van der Waals surface area contributed by atoms with Crippen LogP contribution in [0.3, 0.4) is 0 Å². The lowest BCUT2D eigenvalue weighted by Gasteiger charge is -2.33. The van der Waals surface area contributed by atoms with Gasteiger partial charge in [0.1, 0.15) is 0 Å². The fraction of sp³-hybridized carbons (Fsp3) is 0.400. The molecule has 1 aliphatic rings. The molecular formula is C20H25N3O3. The van der Waals surface area contributed by atoms with Crippen molar-refractivity contribution < 1.29 is 14.0 Å². The van der Waals surface area contributed by atoms with E-state index in [2.05, 4.69) is 22.0 Å². The molecule has 2 heterocycles. The molecule has 6 nitrogen and oxygen atoms in total. The third kappa shape index (κ3) is 5.03. The van der Waals surface area contributed by atoms with Gasteiger partial charge in [-0.1, -0.05) is 19.1 Å². The minimum atomic E-state index is -0.00522. The quantitative estimate of drug-likeness (QED) is 0.772. The summed E-state index contributed by atoms with van der Waals surface area (Å²) in [5, 5.41) is 2.94. The van der Waals surface area contributed by atoms with Crippen molar-refractivity contribution in [2.24, 2.45) is 0 Å². The maximum atomic E-state index is 12.2. The first kappa shape index (κ1) is 18.4. The number of aryl methyl sites for hydroxylation is 1. The van der Waals surface area contributed by atoms with Gasteiger partial charge in [-0.3, -0.25) is 19.4 Å². The van der Waals surface area contributed by atoms with Crippen molar-refractivity contribution in [3.8, 4) is 0 Å². The molecule has 1 saturated heterocycles. The van der Waals surface area contributed by atoms with Gasteiger partial charge in [0.2, 0.25) is 11.7 Å². The minimum absolute atomic E-state index is 0.00304. The van der Waals surface area contributed by atoms with E-state index < -0.39 is 0 Å². The summed E-state index contributed by atoms with van der Waals surface area (Å²) < 4.78 is 5.14. The number of hydrogen-bond acceptors (Lipinski definition) is 5. The molecule has 3 rings (SSSR count). The molecule has 0 saturated carbocycles. The molecule has 1 amide bonds. The molecule has 1 aromatic carbocycles. The second kappa shape index (κ2) is 8.78. The summed E-state index contributed by atoms with van der Waals surface area (Å²) in [6, 6.07) is 11.4. The van der Waals surface area contributed by atoms with Gasteiger partial charge in [-0.05, 0) is 36.2 Å². The van der Waals surface area contributed by atoms with Crippen molar-refractivity contribution in [3.05, 3.63) is 54.0 Å². The van der Waals surface area contributed by atoms with Crippen LogP contribution in [0.15, 0.2) is 47.1 Å². The van der Waals surface area contributed by atoms with Gasteiger partial charge in [0.25, 0.3) is 0 Å². The van der Waals surface area contributed by atoms with E-state index in [-0.39, 0.29) is 11.7 Å². The highest BCUT2D eigenvalue weighted by atomic mass is 16.3. The molecule has 6 heteroatoms. The van der Waals surface area contributed by atoms with Gasteiger partial charge >= 0.3 is 0 Å². The van der Waals surface area contributed by atoms with Gasteiger partial charge in [0, 0.05) is 31.9 Å². The van der Waals surface area contributed by atoms with E-state index in [4.69, 9.17) is 4.42 Å². The van der Waals surface area contributed by atoms with Crippen LogP contribution in [0.1, 0.15) is 23.0 Å². The number of anilines is 1. The van der Waals surface area contributed by atoms with E-state index in [1.165, 1.54) is 11.8 Å². The average molecular weight is 355 g/mol. The summed E-state index contributed by atoms with van der Waals surface area (Å²) in [6.45, 7) is 5.92. The Kier molecular flexibility index (Phi) is 6.20. The molecule has 0 unspecified atom stereocenters. The van der Waals surface area contributed by atoms with Gasteiger partial charge in [-0.2, -0.15) is 0 Å². The number of nitrogens with one attached hydrogen (secondary N) is 1. The van der Waals surface area contributed by atoms with Crippen LogP contribution in [0.25, 0.3) is 0 Å². The fourth-order valence-corrected chi connectivity index (χ4v) is 3.05. The SMILES string of the molecule is CCc1ccc(NC(=O)CN2CCN(CC(=O)c3ccco3)CC2)cc1. The molecule has 0 aliphatic carbocycles. The average Bonchev–Trinajstić information content (AvgIpc) is 3.19. The van der Waals surface area contributed by atoms with Crippen molar-refractivity contribution in [2.45, 2.75) is 13.3 Å². The van der Waals surface area contributed by atoms with E-state index in [0.29, 0.717) is 18.8 Å². The normalized spacial score (nSPS) is 15.7. The Hall–Kier alpha value is -2.44. The topological polar surface area (TPSA) is 65.8 Å². The van der Waals surface area contributed by atoms with E-state index in [9.17, 15) is 9.59 Å². The summed E-state index contributed by atoms with van der Waals surface area (Å²) in [5.74, 6) is 0.395. The van der Waals surface area contributed by atoms with Gasteiger partial charge < -0.3 is 9.73 Å². The monoisotopic (exact) mass is 355 g/mol. The number of ketones is 1. The largest absolute Gasteiger partial charge is 0.461 e. The Balaban J connectivity index is 1.40. The first-order chi connectivity index (χ1) is 12.6. The van der Waals surface area contributed by atoms with Crippen molar-refractivity contribution in [3.63, 3.8) is 0 Å². The number of carbonyl (C=O) groups is 2. The second-order valence-corrected chi connectivity index (χ2v) is 6.55. The number of hydrogen-bond donors (Lipinski definition) is 1. The van der Waals surface area contributed by atoms with Crippen molar-refractivity contribution in [1.82, 2.24) is 9.80 Å². The third-order valence-electron chi connectivity index (χ3n) is 4.64. The molecule has 1 aliphatic heterocycles. The molecule has 2 aromatic rings. The Labute approximate surface area is 153 Å². The first-order valence-electron chi connectivity index (χ1n) is 9.04. The number of amides is 1. The number of carbonyl (C=O) groups excluding carboxylic acids is 2. The molecule has 138 valence electrons. The molecular weight excluding hydrogens is 330 g/mol. The summed E-state index contributed by atoms with van der Waals surface area (Å²) in [6.07, 6.45) is 2.50. The first-order valence-corrected chi connectivity index (χ1v) is 9.04. The molecule has 1 aromatic heterocycles. The second-order valence-electron chi connectivity index (χ2n) is 6.55. The standard InChI is InChI=1S/C20H25N3O3/c1-2-16-5-7-17(8-6-16)21-20(25)15-23-11-9-22(10-12-23)14-18(24)19-4-3-13-26-19/h3-8,13H,2,9-12,14-15H2,1H3,(H,21,25). The van der Waals surface area contributed by atoms with Crippen molar-refractivity contribution in [1.29, 1.82) is 0 Å². The lowest BCUT2D eigenvalue weighted by Crippen LogP contribution is -2.49. The minimum Gasteiger partial charge on any atom is -0.461 e. The molecule has 0 bridgehead atoms. The van der Waals surface area contributed by atoms with Crippen LogP contribution in [-0.2, 0) is 11.2 Å². The summed E-state index contributed by atoms with van der Waals surface area (Å²) in [5.41, 5.74) is 2.08. The number of piperazine rings is 1. The zero-order valence-corrected chi connectivity index (χ0v) is 15.1. The predicted molar refractivity (Wildman–Crippen MR) is 100 cm³/mol. The van der Waals surface area contributed by atoms with E-state index in [1.54, 1.807) is 12.1 Å². The number of benzene rings is 1. The van der Waals surface area contributed by atoms with Gasteiger partial charge in [0.05, 0.1) is 19.4 Å². The smallest absolute Gasteiger partial charge is 0.238 e. The van der Waals surface area contributed by atoms with E-state index >= 15 is 0 Å². The number of furan rings is 1. The lowest BCUT2D eigenvalue weighted by molar-refractivity contribution is -0.117. The highest BCUT2D eigenvalue weighted by molar-refractivity contribution is 5.95. The lowest BCUT2D eigenvalue weighted by atomic mass is 10.1. The highest BCUT2D eigenvalue weighted by Crippen LogP contribution is 2.11. The van der Waals surface area contributed by atoms with Crippen LogP contribution < -0.4 is 5.32 Å². The van der Waals surface area contributed by atoms with Crippen LogP contribution in [-0.4, -0.2) is 60.8 Å². The fourth-order valence-electron chi connectivity index (χ4n) is 3.05. The van der Waals surface area contributed by atoms with Gasteiger partial charge in [0.15, 0.2) is 5.76 Å². The van der Waals surface area contributed by atoms with Crippen LogP contribution in [0, 0.1) is 0 Å². The predicted octanol–water partition coefficient (Wildman–Crippen LogP) is 2.28. The number of nitrogens with zero attached hydrogens (tertiary/aromatic N) is 2. The van der Waals surface area contributed by atoms with Crippen molar-refractivity contribution in [2.75, 3.05) is 44.6 Å². The number of rotatable bonds is 7. The van der Waals surface area contributed by atoms with Gasteiger partial charge in [-0.15, -0.1) is 0 Å². The van der Waals surface area contributed by atoms with Crippen LogP contribution in [0.5, 0.6) is 0 Å². The Bertz CT molecular complexity index is 717.